The second-order valence-corrected chi connectivity index (χ2v) is 5.87. The topological polar surface area (TPSA) is 17.8 Å². The summed E-state index contributed by atoms with van der Waals surface area (Å²) in [5.41, 5.74) is 7.03. The van der Waals surface area contributed by atoms with E-state index in [-0.39, 0.29) is 0 Å². The molecule has 0 atom stereocenters. The predicted molar refractivity (Wildman–Crippen MR) is 88.2 cm³/mol. The Balaban J connectivity index is 2.07. The third kappa shape index (κ3) is 2.72. The number of nitrogens with zero attached hydrogens (tertiary/aromatic N) is 2. The Morgan fingerprint density at radius 2 is 1.67 bits per heavy atom. The second kappa shape index (κ2) is 5.38. The molecular formula is C18H17ClN2. The van der Waals surface area contributed by atoms with Gasteiger partial charge in [-0.3, -0.25) is 0 Å². The number of hydrogen-bond donors (Lipinski definition) is 0. The van der Waals surface area contributed by atoms with E-state index in [0.717, 1.165) is 21.8 Å². The lowest BCUT2D eigenvalue weighted by molar-refractivity contribution is 0.864. The summed E-state index contributed by atoms with van der Waals surface area (Å²) in [7, 11) is 0. The third-order valence-corrected chi connectivity index (χ3v) is 3.84. The van der Waals surface area contributed by atoms with Gasteiger partial charge in [0.2, 0.25) is 0 Å². The first-order chi connectivity index (χ1) is 10.0. The van der Waals surface area contributed by atoms with E-state index in [1.807, 2.05) is 35.1 Å². The summed E-state index contributed by atoms with van der Waals surface area (Å²) in [6, 6.07) is 12.2. The highest BCUT2D eigenvalue weighted by Crippen LogP contribution is 2.25. The molecule has 0 saturated carbocycles. The van der Waals surface area contributed by atoms with Gasteiger partial charge in [0.25, 0.3) is 0 Å². The standard InChI is InChI=1S/C18H17ClN2/c1-12-7-13(2)18(14(3)8-12)21-11-16(10-20-21)15-5-4-6-17(19)9-15/h4-11H,1-3H3. The van der Waals surface area contributed by atoms with Gasteiger partial charge in [0.1, 0.15) is 0 Å². The van der Waals surface area contributed by atoms with Gasteiger partial charge in [0.05, 0.1) is 11.9 Å². The van der Waals surface area contributed by atoms with E-state index in [1.165, 1.54) is 16.7 Å². The van der Waals surface area contributed by atoms with Crippen LogP contribution in [0.4, 0.5) is 0 Å². The van der Waals surface area contributed by atoms with Crippen molar-refractivity contribution in [3.63, 3.8) is 0 Å². The molecule has 0 radical (unpaired) electrons. The molecule has 1 aromatic heterocycles. The summed E-state index contributed by atoms with van der Waals surface area (Å²) < 4.78 is 1.94. The maximum Gasteiger partial charge on any atom is 0.0704 e. The van der Waals surface area contributed by atoms with Crippen LogP contribution in [0.5, 0.6) is 0 Å². The predicted octanol–water partition coefficient (Wildman–Crippen LogP) is 5.12. The van der Waals surface area contributed by atoms with E-state index >= 15 is 0 Å². The van der Waals surface area contributed by atoms with E-state index in [0.29, 0.717) is 0 Å². The number of halogens is 1. The van der Waals surface area contributed by atoms with E-state index in [9.17, 15) is 0 Å². The lowest BCUT2D eigenvalue weighted by Crippen LogP contribution is -2.01. The van der Waals surface area contributed by atoms with Crippen LogP contribution < -0.4 is 0 Å². The molecule has 21 heavy (non-hydrogen) atoms. The van der Waals surface area contributed by atoms with Crippen LogP contribution in [0.2, 0.25) is 5.02 Å². The molecule has 2 aromatic carbocycles. The minimum absolute atomic E-state index is 0.739. The van der Waals surface area contributed by atoms with Crippen molar-refractivity contribution in [1.29, 1.82) is 0 Å². The minimum Gasteiger partial charge on any atom is -0.240 e. The molecule has 0 bridgehead atoms. The summed E-state index contributed by atoms with van der Waals surface area (Å²) in [5.74, 6) is 0. The normalized spacial score (nSPS) is 10.9. The van der Waals surface area contributed by atoms with Gasteiger partial charge in [-0.25, -0.2) is 4.68 Å². The zero-order chi connectivity index (χ0) is 15.0. The van der Waals surface area contributed by atoms with Gasteiger partial charge in [-0.05, 0) is 49.6 Å². The molecule has 3 heteroatoms. The van der Waals surface area contributed by atoms with Gasteiger partial charge >= 0.3 is 0 Å². The van der Waals surface area contributed by atoms with E-state index in [4.69, 9.17) is 11.6 Å². The summed E-state index contributed by atoms with van der Waals surface area (Å²) in [6.07, 6.45) is 3.93. The maximum absolute atomic E-state index is 6.06. The van der Waals surface area contributed by atoms with Crippen molar-refractivity contribution >= 4 is 11.6 Å². The average Bonchev–Trinajstić information content (AvgIpc) is 2.87. The van der Waals surface area contributed by atoms with Crippen LogP contribution in [-0.2, 0) is 0 Å². The maximum atomic E-state index is 6.06. The molecular weight excluding hydrogens is 280 g/mol. The number of aromatic nitrogens is 2. The molecule has 1 heterocycles. The van der Waals surface area contributed by atoms with Crippen molar-refractivity contribution in [3.8, 4) is 16.8 Å². The van der Waals surface area contributed by atoms with E-state index in [1.54, 1.807) is 0 Å². The van der Waals surface area contributed by atoms with Crippen molar-refractivity contribution < 1.29 is 0 Å². The van der Waals surface area contributed by atoms with Gasteiger partial charge in [-0.2, -0.15) is 5.10 Å². The summed E-state index contributed by atoms with van der Waals surface area (Å²) >= 11 is 6.06. The Bertz CT molecular complexity index is 779. The molecule has 2 nitrogen and oxygen atoms in total. The Hall–Kier alpha value is -2.06. The third-order valence-electron chi connectivity index (χ3n) is 3.61. The number of benzene rings is 2. The van der Waals surface area contributed by atoms with Gasteiger partial charge in [0.15, 0.2) is 0 Å². The SMILES string of the molecule is Cc1cc(C)c(-n2cc(-c3cccc(Cl)c3)cn2)c(C)c1. The van der Waals surface area contributed by atoms with Crippen LogP contribution in [0.15, 0.2) is 48.8 Å². The van der Waals surface area contributed by atoms with Crippen molar-refractivity contribution in [1.82, 2.24) is 9.78 Å². The van der Waals surface area contributed by atoms with Crippen LogP contribution in [0.3, 0.4) is 0 Å². The molecule has 0 spiro atoms. The minimum atomic E-state index is 0.739. The van der Waals surface area contributed by atoms with Crippen LogP contribution >= 0.6 is 11.6 Å². The molecule has 0 aliphatic rings. The fourth-order valence-electron chi connectivity index (χ4n) is 2.80. The largest absolute Gasteiger partial charge is 0.240 e. The Labute approximate surface area is 130 Å². The van der Waals surface area contributed by atoms with Crippen molar-refractivity contribution in [2.24, 2.45) is 0 Å². The fraction of sp³-hybridized carbons (Fsp3) is 0.167. The van der Waals surface area contributed by atoms with Gasteiger partial charge < -0.3 is 0 Å². The monoisotopic (exact) mass is 296 g/mol. The van der Waals surface area contributed by atoms with Crippen molar-refractivity contribution in [2.45, 2.75) is 20.8 Å². The van der Waals surface area contributed by atoms with Crippen LogP contribution in [0.25, 0.3) is 16.8 Å². The molecule has 106 valence electrons. The van der Waals surface area contributed by atoms with E-state index in [2.05, 4.69) is 44.2 Å². The zero-order valence-corrected chi connectivity index (χ0v) is 13.1. The summed E-state index contributed by atoms with van der Waals surface area (Å²) in [5, 5.41) is 5.26. The van der Waals surface area contributed by atoms with Crippen LogP contribution in [0.1, 0.15) is 16.7 Å². The lowest BCUT2D eigenvalue weighted by atomic mass is 10.1. The Kier molecular flexibility index (Phi) is 3.56. The zero-order valence-electron chi connectivity index (χ0n) is 12.4. The molecule has 3 aromatic rings. The Morgan fingerprint density at radius 1 is 0.952 bits per heavy atom. The van der Waals surface area contributed by atoms with Crippen LogP contribution in [-0.4, -0.2) is 9.78 Å². The molecule has 0 amide bonds. The molecule has 0 aliphatic heterocycles. The quantitative estimate of drug-likeness (QED) is 0.642. The molecule has 0 aliphatic carbocycles. The highest BCUT2D eigenvalue weighted by molar-refractivity contribution is 6.30. The number of aryl methyl sites for hydroxylation is 3. The van der Waals surface area contributed by atoms with Crippen molar-refractivity contribution in [3.05, 3.63) is 70.5 Å². The van der Waals surface area contributed by atoms with E-state index < -0.39 is 0 Å². The summed E-state index contributed by atoms with van der Waals surface area (Å²) in [4.78, 5) is 0. The van der Waals surface area contributed by atoms with Gasteiger partial charge in [-0.15, -0.1) is 0 Å². The number of rotatable bonds is 2. The van der Waals surface area contributed by atoms with Crippen LogP contribution in [0, 0.1) is 20.8 Å². The molecule has 3 rings (SSSR count). The Morgan fingerprint density at radius 3 is 2.33 bits per heavy atom. The first-order valence-electron chi connectivity index (χ1n) is 6.93. The molecule has 0 saturated heterocycles. The second-order valence-electron chi connectivity index (χ2n) is 5.43. The summed E-state index contributed by atoms with van der Waals surface area (Å²) in [6.45, 7) is 6.36. The molecule has 0 N–H and O–H groups in total. The molecule has 0 unspecified atom stereocenters. The smallest absolute Gasteiger partial charge is 0.0704 e. The number of hydrogen-bond acceptors (Lipinski definition) is 1. The lowest BCUT2D eigenvalue weighted by Gasteiger charge is -2.11. The highest BCUT2D eigenvalue weighted by atomic mass is 35.5. The van der Waals surface area contributed by atoms with Gasteiger partial charge in [-0.1, -0.05) is 41.4 Å². The molecule has 0 fully saturated rings. The highest BCUT2D eigenvalue weighted by Gasteiger charge is 2.09. The fourth-order valence-corrected chi connectivity index (χ4v) is 2.99. The van der Waals surface area contributed by atoms with Crippen molar-refractivity contribution in [2.75, 3.05) is 0 Å². The first-order valence-corrected chi connectivity index (χ1v) is 7.31. The average molecular weight is 297 g/mol. The first kappa shape index (κ1) is 13.9. The van der Waals surface area contributed by atoms with Gasteiger partial charge in [0, 0.05) is 16.8 Å².